The second kappa shape index (κ2) is 7.59. The van der Waals surface area contributed by atoms with Crippen molar-refractivity contribution < 1.29 is 9.53 Å². The normalized spacial score (nSPS) is 18.8. The Kier molecular flexibility index (Phi) is 5.20. The Balaban J connectivity index is 1.68. The van der Waals surface area contributed by atoms with Crippen LogP contribution in [0.5, 0.6) is 0 Å². The molecule has 0 unspecified atom stereocenters. The predicted octanol–water partition coefficient (Wildman–Crippen LogP) is 3.54. The first-order chi connectivity index (χ1) is 12.6. The summed E-state index contributed by atoms with van der Waals surface area (Å²) in [6.07, 6.45) is 3.11. The van der Waals surface area contributed by atoms with Gasteiger partial charge in [0.2, 0.25) is 0 Å². The number of carbonyl (C=O) groups is 1. The van der Waals surface area contributed by atoms with E-state index < -0.39 is 0 Å². The molecule has 0 aliphatic carbocycles. The van der Waals surface area contributed by atoms with Gasteiger partial charge < -0.3 is 9.64 Å². The minimum Gasteiger partial charge on any atom is -0.379 e. The molecular formula is C20H26ClN3O2. The van der Waals surface area contributed by atoms with Crippen molar-refractivity contribution in [1.29, 1.82) is 0 Å². The van der Waals surface area contributed by atoms with E-state index in [-0.39, 0.29) is 6.03 Å². The first kappa shape index (κ1) is 17.8. The minimum absolute atomic E-state index is 0.102. The van der Waals surface area contributed by atoms with Crippen LogP contribution in [0.25, 0.3) is 10.9 Å². The van der Waals surface area contributed by atoms with Gasteiger partial charge in [0.25, 0.3) is 0 Å². The Morgan fingerprint density at radius 3 is 2.62 bits per heavy atom. The third-order valence-electron chi connectivity index (χ3n) is 5.65. The molecule has 5 nitrogen and oxygen atoms in total. The van der Waals surface area contributed by atoms with Crippen molar-refractivity contribution in [2.45, 2.75) is 26.2 Å². The van der Waals surface area contributed by atoms with Crippen molar-refractivity contribution in [2.24, 2.45) is 0 Å². The van der Waals surface area contributed by atoms with E-state index in [1.54, 1.807) is 0 Å². The van der Waals surface area contributed by atoms with E-state index in [0.717, 1.165) is 86.8 Å². The number of ether oxygens (including phenoxy) is 1. The summed E-state index contributed by atoms with van der Waals surface area (Å²) in [6, 6.07) is 5.97. The van der Waals surface area contributed by atoms with Crippen molar-refractivity contribution in [3.05, 3.63) is 34.5 Å². The Hall–Kier alpha value is -1.56. The van der Waals surface area contributed by atoms with Crippen LogP contribution in [0, 0.1) is 6.92 Å². The zero-order valence-corrected chi connectivity index (χ0v) is 16.1. The number of aromatic nitrogens is 1. The molecular weight excluding hydrogens is 350 g/mol. The third-order valence-corrected chi connectivity index (χ3v) is 5.88. The summed E-state index contributed by atoms with van der Waals surface area (Å²) in [4.78, 5) is 17.5. The first-order valence-electron chi connectivity index (χ1n) is 9.54. The van der Waals surface area contributed by atoms with Crippen LogP contribution in [0.1, 0.15) is 24.1 Å². The van der Waals surface area contributed by atoms with Gasteiger partial charge in [0.15, 0.2) is 0 Å². The van der Waals surface area contributed by atoms with Gasteiger partial charge in [0.05, 0.1) is 18.7 Å². The van der Waals surface area contributed by atoms with E-state index >= 15 is 0 Å². The second-order valence-electron chi connectivity index (χ2n) is 7.24. The van der Waals surface area contributed by atoms with Crippen LogP contribution in [-0.4, -0.2) is 66.3 Å². The Morgan fingerprint density at radius 1 is 1.15 bits per heavy atom. The van der Waals surface area contributed by atoms with Crippen LogP contribution >= 0.6 is 11.6 Å². The highest BCUT2D eigenvalue weighted by Gasteiger charge is 2.25. The number of likely N-dealkylation sites (tertiary alicyclic amines) is 1. The van der Waals surface area contributed by atoms with Crippen molar-refractivity contribution >= 4 is 28.5 Å². The van der Waals surface area contributed by atoms with Gasteiger partial charge in [-0.2, -0.15) is 0 Å². The molecule has 0 saturated carbocycles. The minimum atomic E-state index is 0.102. The summed E-state index contributed by atoms with van der Waals surface area (Å²) < 4.78 is 7.34. The van der Waals surface area contributed by atoms with E-state index in [0.29, 0.717) is 0 Å². The number of halogens is 1. The number of fused-ring (bicyclic) bond motifs is 1. The lowest BCUT2D eigenvalue weighted by atomic mass is 10.1. The Bertz CT molecular complexity index is 805. The maximum absolute atomic E-state index is 13.1. The van der Waals surface area contributed by atoms with E-state index in [9.17, 15) is 4.79 Å². The maximum atomic E-state index is 13.1. The lowest BCUT2D eigenvalue weighted by Crippen LogP contribution is -2.37. The van der Waals surface area contributed by atoms with Gasteiger partial charge in [0.1, 0.15) is 0 Å². The van der Waals surface area contributed by atoms with Gasteiger partial charge in [-0.05, 0) is 49.9 Å². The molecule has 3 heterocycles. The van der Waals surface area contributed by atoms with Crippen molar-refractivity contribution in [1.82, 2.24) is 14.4 Å². The molecule has 2 saturated heterocycles. The standard InChI is InChI=1S/C20H26ClN3O2/c1-15-17(6-9-22-10-12-26-13-11-22)18-14-16(21)4-5-19(18)24(15)20(25)23-7-2-3-8-23/h4-5,14H,2-3,6-13H2,1H3. The van der Waals surface area contributed by atoms with Crippen LogP contribution in [-0.2, 0) is 11.2 Å². The fourth-order valence-electron chi connectivity index (χ4n) is 4.16. The number of hydrogen-bond acceptors (Lipinski definition) is 3. The van der Waals surface area contributed by atoms with Gasteiger partial charge >= 0.3 is 6.03 Å². The molecule has 1 aromatic heterocycles. The molecule has 140 valence electrons. The zero-order chi connectivity index (χ0) is 18.1. The first-order valence-corrected chi connectivity index (χ1v) is 9.92. The van der Waals surface area contributed by atoms with Crippen LogP contribution in [0.15, 0.2) is 18.2 Å². The molecule has 4 rings (SSSR count). The molecule has 2 aliphatic heterocycles. The Morgan fingerprint density at radius 2 is 1.88 bits per heavy atom. The summed E-state index contributed by atoms with van der Waals surface area (Å²) in [6.45, 7) is 8.32. The SMILES string of the molecule is Cc1c(CCN2CCOCC2)c2cc(Cl)ccc2n1C(=O)N1CCCC1. The maximum Gasteiger partial charge on any atom is 0.328 e. The summed E-state index contributed by atoms with van der Waals surface area (Å²) in [7, 11) is 0. The number of amides is 1. The quantitative estimate of drug-likeness (QED) is 0.823. The molecule has 1 aromatic carbocycles. The number of nitrogens with zero attached hydrogens (tertiary/aromatic N) is 3. The zero-order valence-electron chi connectivity index (χ0n) is 15.3. The molecule has 0 spiro atoms. The monoisotopic (exact) mass is 375 g/mol. The van der Waals surface area contributed by atoms with Crippen LogP contribution in [0.2, 0.25) is 5.02 Å². The van der Waals surface area contributed by atoms with Gasteiger partial charge in [-0.15, -0.1) is 0 Å². The van der Waals surface area contributed by atoms with Crippen molar-refractivity contribution in [3.8, 4) is 0 Å². The molecule has 0 radical (unpaired) electrons. The molecule has 6 heteroatoms. The fourth-order valence-corrected chi connectivity index (χ4v) is 4.33. The van der Waals surface area contributed by atoms with E-state index in [1.807, 2.05) is 27.7 Å². The number of benzene rings is 1. The number of rotatable bonds is 3. The van der Waals surface area contributed by atoms with E-state index in [4.69, 9.17) is 16.3 Å². The van der Waals surface area contributed by atoms with Crippen LogP contribution in [0.3, 0.4) is 0 Å². The average molecular weight is 376 g/mol. The Labute approximate surface area is 159 Å². The number of morpholine rings is 1. The molecule has 0 bridgehead atoms. The third kappa shape index (κ3) is 3.36. The molecule has 26 heavy (non-hydrogen) atoms. The largest absolute Gasteiger partial charge is 0.379 e. The molecule has 2 aromatic rings. The smallest absolute Gasteiger partial charge is 0.328 e. The number of carbonyl (C=O) groups excluding carboxylic acids is 1. The molecule has 1 amide bonds. The summed E-state index contributed by atoms with van der Waals surface area (Å²) in [5.74, 6) is 0. The van der Waals surface area contributed by atoms with Crippen molar-refractivity contribution in [2.75, 3.05) is 45.9 Å². The summed E-state index contributed by atoms with van der Waals surface area (Å²) in [5.41, 5.74) is 3.26. The summed E-state index contributed by atoms with van der Waals surface area (Å²) >= 11 is 6.28. The molecule has 0 N–H and O–H groups in total. The van der Waals surface area contributed by atoms with E-state index in [2.05, 4.69) is 11.8 Å². The van der Waals surface area contributed by atoms with E-state index in [1.165, 1.54) is 5.56 Å². The lowest BCUT2D eigenvalue weighted by molar-refractivity contribution is 0.0384. The van der Waals surface area contributed by atoms with Crippen molar-refractivity contribution in [3.63, 3.8) is 0 Å². The predicted molar refractivity (Wildman–Crippen MR) is 104 cm³/mol. The highest BCUT2D eigenvalue weighted by Crippen LogP contribution is 2.30. The highest BCUT2D eigenvalue weighted by atomic mass is 35.5. The molecule has 0 atom stereocenters. The number of hydrogen-bond donors (Lipinski definition) is 0. The summed E-state index contributed by atoms with van der Waals surface area (Å²) in [5, 5.41) is 1.83. The molecule has 2 fully saturated rings. The average Bonchev–Trinajstić information content (AvgIpc) is 3.27. The van der Waals surface area contributed by atoms with Gasteiger partial charge in [-0.25, -0.2) is 4.79 Å². The van der Waals surface area contributed by atoms with Crippen LogP contribution in [0.4, 0.5) is 4.79 Å². The van der Waals surface area contributed by atoms with Gasteiger partial charge in [0, 0.05) is 48.8 Å². The van der Waals surface area contributed by atoms with Crippen LogP contribution < -0.4 is 0 Å². The van der Waals surface area contributed by atoms with Gasteiger partial charge in [-0.1, -0.05) is 11.6 Å². The fraction of sp³-hybridized carbons (Fsp3) is 0.550. The second-order valence-corrected chi connectivity index (χ2v) is 7.68. The highest BCUT2D eigenvalue weighted by molar-refractivity contribution is 6.31. The molecule has 2 aliphatic rings. The topological polar surface area (TPSA) is 37.7 Å². The van der Waals surface area contributed by atoms with Gasteiger partial charge in [-0.3, -0.25) is 9.47 Å². The lowest BCUT2D eigenvalue weighted by Gasteiger charge is -2.26.